The first-order chi connectivity index (χ1) is 21.2. The van der Waals surface area contributed by atoms with Gasteiger partial charge in [-0.1, -0.05) is 48.5 Å². The molecule has 2 atom stereocenters. The third-order valence-corrected chi connectivity index (χ3v) is 8.25. The van der Waals surface area contributed by atoms with Crippen LogP contribution in [0.2, 0.25) is 0 Å². The molecule has 1 aliphatic carbocycles. The molecule has 0 saturated carbocycles. The minimum absolute atomic E-state index is 0.127. The maximum Gasteiger partial charge on any atom is 0.418 e. The van der Waals surface area contributed by atoms with Crippen LogP contribution in [0.5, 0.6) is 11.5 Å². The monoisotopic (exact) mass is 595 g/mol. The molecule has 0 bridgehead atoms. The summed E-state index contributed by atoms with van der Waals surface area (Å²) in [5, 5.41) is 21.5. The van der Waals surface area contributed by atoms with Crippen molar-refractivity contribution >= 4 is 28.1 Å². The number of carbonyl (C=O) groups is 1. The maximum atomic E-state index is 14.1. The van der Waals surface area contributed by atoms with Gasteiger partial charge in [0.1, 0.15) is 29.9 Å². The summed E-state index contributed by atoms with van der Waals surface area (Å²) in [5.41, 5.74) is 0.682. The zero-order valence-electron chi connectivity index (χ0n) is 23.8. The first-order valence-electron chi connectivity index (χ1n) is 14.2. The lowest BCUT2D eigenvalue weighted by Gasteiger charge is -2.43. The SMILES string of the molecule is COc1ccc(C2C3=C(CCCC3=O)N(c3ccccc3C(F)(F)F)C(=N)C2C#N)cc1COc1ccc2ccccc2c1. The van der Waals surface area contributed by atoms with Crippen LogP contribution >= 0.6 is 0 Å². The van der Waals surface area contributed by atoms with E-state index < -0.39 is 23.6 Å². The molecule has 6 nitrogen and oxygen atoms in total. The van der Waals surface area contributed by atoms with Crippen LogP contribution < -0.4 is 14.4 Å². The number of alkyl halides is 3. The summed E-state index contributed by atoms with van der Waals surface area (Å²) < 4.78 is 53.9. The number of rotatable bonds is 6. The van der Waals surface area contributed by atoms with Gasteiger partial charge in [-0.15, -0.1) is 0 Å². The Hall–Kier alpha value is -5.10. The van der Waals surface area contributed by atoms with Crippen LogP contribution in [0.25, 0.3) is 10.8 Å². The molecule has 0 spiro atoms. The minimum Gasteiger partial charge on any atom is -0.496 e. The van der Waals surface area contributed by atoms with E-state index in [1.807, 2.05) is 42.5 Å². The molecule has 1 heterocycles. The second kappa shape index (κ2) is 11.5. The van der Waals surface area contributed by atoms with Crippen LogP contribution in [-0.4, -0.2) is 18.7 Å². The summed E-state index contributed by atoms with van der Waals surface area (Å²) in [5.74, 6) is -1.39. The summed E-state index contributed by atoms with van der Waals surface area (Å²) >= 11 is 0. The number of ketones is 1. The van der Waals surface area contributed by atoms with E-state index in [1.54, 1.807) is 18.2 Å². The second-order valence-corrected chi connectivity index (χ2v) is 10.8. The highest BCUT2D eigenvalue weighted by Crippen LogP contribution is 2.49. The molecule has 9 heteroatoms. The molecule has 4 aromatic rings. The van der Waals surface area contributed by atoms with Gasteiger partial charge < -0.3 is 14.4 Å². The zero-order valence-corrected chi connectivity index (χ0v) is 23.8. The lowest BCUT2D eigenvalue weighted by atomic mass is 9.71. The van der Waals surface area contributed by atoms with Gasteiger partial charge in [0.2, 0.25) is 0 Å². The van der Waals surface area contributed by atoms with Gasteiger partial charge in [-0.3, -0.25) is 10.2 Å². The summed E-state index contributed by atoms with van der Waals surface area (Å²) in [6.07, 6.45) is -3.74. The standard InChI is InChI=1S/C35H28F3N3O3/c1-43-31-16-14-23(17-24(31)20-44-25-15-13-21-7-2-3-8-22(21)18-25)32-26(19-39)34(40)41(29-11-6-12-30(42)33(29)32)28-10-5-4-9-27(28)35(36,37)38/h2-5,7-10,13-18,26,32,40H,6,11-12,20H2,1H3. The van der Waals surface area contributed by atoms with Crippen molar-refractivity contribution in [1.29, 1.82) is 10.7 Å². The van der Waals surface area contributed by atoms with E-state index in [-0.39, 0.29) is 35.9 Å². The molecule has 0 amide bonds. The molecule has 1 N–H and O–H groups in total. The van der Waals surface area contributed by atoms with Crippen LogP contribution in [-0.2, 0) is 17.6 Å². The van der Waals surface area contributed by atoms with Gasteiger partial charge in [0, 0.05) is 29.2 Å². The van der Waals surface area contributed by atoms with Gasteiger partial charge in [0.25, 0.3) is 0 Å². The van der Waals surface area contributed by atoms with Crippen LogP contribution in [0.1, 0.15) is 41.9 Å². The molecule has 44 heavy (non-hydrogen) atoms. The molecule has 6 rings (SSSR count). The van der Waals surface area contributed by atoms with Gasteiger partial charge in [-0.2, -0.15) is 18.4 Å². The smallest absolute Gasteiger partial charge is 0.418 e. The highest BCUT2D eigenvalue weighted by atomic mass is 19.4. The number of nitrogens with one attached hydrogen (secondary N) is 1. The van der Waals surface area contributed by atoms with Crippen LogP contribution in [0.3, 0.4) is 0 Å². The lowest BCUT2D eigenvalue weighted by molar-refractivity contribution is -0.137. The molecule has 0 fully saturated rings. The largest absolute Gasteiger partial charge is 0.496 e. The minimum atomic E-state index is -4.69. The number of carbonyl (C=O) groups excluding carboxylic acids is 1. The van der Waals surface area contributed by atoms with Gasteiger partial charge >= 0.3 is 6.18 Å². The average molecular weight is 596 g/mol. The van der Waals surface area contributed by atoms with Crippen molar-refractivity contribution in [3.63, 3.8) is 0 Å². The fourth-order valence-corrected chi connectivity index (χ4v) is 6.24. The number of nitriles is 1. The van der Waals surface area contributed by atoms with E-state index in [1.165, 1.54) is 30.2 Å². The number of methoxy groups -OCH3 is 1. The lowest BCUT2D eigenvalue weighted by Crippen LogP contribution is -2.46. The number of ether oxygens (including phenoxy) is 2. The number of amidine groups is 1. The van der Waals surface area contributed by atoms with Gasteiger partial charge in [-0.05, 0) is 65.6 Å². The van der Waals surface area contributed by atoms with Crippen molar-refractivity contribution < 1.29 is 27.4 Å². The summed E-state index contributed by atoms with van der Waals surface area (Å²) in [4.78, 5) is 14.7. The maximum absolute atomic E-state index is 14.1. The van der Waals surface area contributed by atoms with Crippen LogP contribution in [0, 0.1) is 22.7 Å². The number of nitrogens with zero attached hydrogens (tertiary/aromatic N) is 2. The van der Waals surface area contributed by atoms with Crippen molar-refractivity contribution in [2.24, 2.45) is 5.92 Å². The predicted octanol–water partition coefficient (Wildman–Crippen LogP) is 8.17. The number of allylic oxidation sites excluding steroid dienone is 2. The highest BCUT2D eigenvalue weighted by molar-refractivity contribution is 6.10. The number of halogens is 3. The number of hydrogen-bond acceptors (Lipinski definition) is 5. The Balaban J connectivity index is 1.43. The van der Waals surface area contributed by atoms with E-state index in [2.05, 4.69) is 6.07 Å². The Morgan fingerprint density at radius 1 is 0.977 bits per heavy atom. The fourth-order valence-electron chi connectivity index (χ4n) is 6.24. The van der Waals surface area contributed by atoms with Gasteiger partial charge in [-0.25, -0.2) is 0 Å². The Morgan fingerprint density at radius 3 is 2.48 bits per heavy atom. The number of anilines is 1. The molecule has 1 aliphatic heterocycles. The Morgan fingerprint density at radius 2 is 1.73 bits per heavy atom. The van der Waals surface area contributed by atoms with Crippen LogP contribution in [0.4, 0.5) is 18.9 Å². The molecular weight excluding hydrogens is 567 g/mol. The van der Waals surface area contributed by atoms with Crippen molar-refractivity contribution in [2.45, 2.75) is 38.0 Å². The summed E-state index contributed by atoms with van der Waals surface area (Å²) in [6, 6.07) is 26.1. The fraction of sp³-hybridized carbons (Fsp3) is 0.229. The molecule has 2 aliphatic rings. The van der Waals surface area contributed by atoms with E-state index in [9.17, 15) is 23.2 Å². The van der Waals surface area contributed by atoms with Crippen LogP contribution in [0.15, 0.2) is 96.2 Å². The Kier molecular flexibility index (Phi) is 7.60. The normalized spacial score (nSPS) is 18.7. The highest BCUT2D eigenvalue weighted by Gasteiger charge is 2.47. The topological polar surface area (TPSA) is 86.4 Å². The summed E-state index contributed by atoms with van der Waals surface area (Å²) in [7, 11) is 1.53. The van der Waals surface area contributed by atoms with E-state index in [0.29, 0.717) is 41.2 Å². The third kappa shape index (κ3) is 5.17. The van der Waals surface area contributed by atoms with E-state index in [0.717, 1.165) is 16.8 Å². The van der Waals surface area contributed by atoms with Crippen molar-refractivity contribution in [2.75, 3.05) is 12.0 Å². The molecule has 0 saturated heterocycles. The summed E-state index contributed by atoms with van der Waals surface area (Å²) in [6.45, 7) is 0.127. The first-order valence-corrected chi connectivity index (χ1v) is 14.2. The average Bonchev–Trinajstić information content (AvgIpc) is 3.02. The van der Waals surface area contributed by atoms with E-state index >= 15 is 0 Å². The predicted molar refractivity (Wildman–Crippen MR) is 161 cm³/mol. The Labute approximate surface area is 252 Å². The molecular formula is C35H28F3N3O3. The van der Waals surface area contributed by atoms with Gasteiger partial charge in [0.05, 0.1) is 24.4 Å². The van der Waals surface area contributed by atoms with Crippen molar-refractivity contribution in [3.05, 3.63) is 113 Å². The van der Waals surface area contributed by atoms with Crippen molar-refractivity contribution in [3.8, 4) is 17.6 Å². The Bertz CT molecular complexity index is 1860. The molecule has 0 radical (unpaired) electrons. The molecule has 4 aromatic carbocycles. The second-order valence-electron chi connectivity index (χ2n) is 10.8. The third-order valence-electron chi connectivity index (χ3n) is 8.25. The number of fused-ring (bicyclic) bond motifs is 1. The molecule has 2 unspecified atom stereocenters. The van der Waals surface area contributed by atoms with Crippen molar-refractivity contribution in [1.82, 2.24) is 0 Å². The first kappa shape index (κ1) is 29.0. The number of para-hydroxylation sites is 1. The van der Waals surface area contributed by atoms with Gasteiger partial charge in [0.15, 0.2) is 5.78 Å². The quantitative estimate of drug-likeness (QED) is 0.243. The zero-order chi connectivity index (χ0) is 31.0. The molecule has 222 valence electrons. The number of benzene rings is 4. The number of Topliss-reactive ketones (excluding diaryl/α,β-unsaturated/α-hetero) is 1. The molecule has 0 aromatic heterocycles. The van der Waals surface area contributed by atoms with E-state index in [4.69, 9.17) is 14.9 Å². The number of hydrogen-bond donors (Lipinski definition) is 1.